The normalized spacial score (nSPS) is 12.8. The Hall–Kier alpha value is 0.194. The summed E-state index contributed by atoms with van der Waals surface area (Å²) < 4.78 is 32.5. The quantitative estimate of drug-likeness (QED) is 0.307. The molecule has 23 heavy (non-hydrogen) atoms. The van der Waals surface area contributed by atoms with E-state index in [0.717, 1.165) is 24.9 Å². The van der Waals surface area contributed by atoms with Crippen LogP contribution in [0.25, 0.3) is 0 Å². The second-order valence-corrected chi connectivity index (χ2v) is 11.7. The summed E-state index contributed by atoms with van der Waals surface area (Å²) in [6.07, 6.45) is 8.30. The Balaban J connectivity index is 3.64. The summed E-state index contributed by atoms with van der Waals surface area (Å²) in [5.74, 6) is 0. The van der Waals surface area contributed by atoms with Crippen LogP contribution >= 0.6 is 0 Å². The molecule has 0 N–H and O–H groups in total. The van der Waals surface area contributed by atoms with Crippen molar-refractivity contribution >= 4 is 17.6 Å². The summed E-state index contributed by atoms with van der Waals surface area (Å²) in [7, 11) is 5.28. The third-order valence-corrected chi connectivity index (χ3v) is 10.00. The summed E-state index contributed by atoms with van der Waals surface area (Å²) in [6, 6.07) is 1.78. The topological polar surface area (TPSA) is 55.4 Å². The van der Waals surface area contributed by atoms with Gasteiger partial charge >= 0.3 is 17.6 Å². The molecule has 0 saturated heterocycles. The Bertz CT molecular complexity index is 230. The van der Waals surface area contributed by atoms with Crippen LogP contribution in [-0.2, 0) is 26.6 Å². The molecule has 0 amide bonds. The molecule has 0 aliphatic rings. The van der Waals surface area contributed by atoms with E-state index >= 15 is 0 Å². The van der Waals surface area contributed by atoms with Crippen LogP contribution in [0.15, 0.2) is 0 Å². The predicted molar refractivity (Wildman–Crippen MR) is 95.5 cm³/mol. The highest BCUT2D eigenvalue weighted by molar-refractivity contribution is 6.60. The van der Waals surface area contributed by atoms with E-state index < -0.39 is 17.6 Å². The van der Waals surface area contributed by atoms with Gasteiger partial charge in [0.15, 0.2) is 0 Å². The summed E-state index contributed by atoms with van der Waals surface area (Å²) in [5, 5.41) is 0. The molecule has 0 heterocycles. The lowest BCUT2D eigenvalue weighted by Crippen LogP contribution is -2.42. The first kappa shape index (κ1) is 23.2. The third kappa shape index (κ3) is 8.73. The van der Waals surface area contributed by atoms with E-state index in [2.05, 4.69) is 0 Å². The van der Waals surface area contributed by atoms with Gasteiger partial charge < -0.3 is 26.6 Å². The maximum Gasteiger partial charge on any atom is 0.500 e. The number of hydrogen-bond acceptors (Lipinski definition) is 6. The van der Waals surface area contributed by atoms with Crippen LogP contribution in [0.4, 0.5) is 0 Å². The Morgan fingerprint density at radius 1 is 0.391 bits per heavy atom. The highest BCUT2D eigenvalue weighted by atomic mass is 28.4. The van der Waals surface area contributed by atoms with E-state index in [4.69, 9.17) is 26.6 Å². The van der Waals surface area contributed by atoms with Gasteiger partial charge in [0.2, 0.25) is 0 Å². The molecule has 0 saturated carbocycles. The molecule has 0 aromatic carbocycles. The van der Waals surface area contributed by atoms with Gasteiger partial charge in [-0.25, -0.2) is 0 Å². The zero-order valence-electron chi connectivity index (χ0n) is 15.8. The first-order valence-corrected chi connectivity index (χ1v) is 12.2. The Morgan fingerprint density at radius 3 is 0.826 bits per heavy atom. The van der Waals surface area contributed by atoms with E-state index in [1.54, 1.807) is 42.7 Å². The number of hydrogen-bond donors (Lipinski definition) is 0. The maximum absolute atomic E-state index is 5.42. The van der Waals surface area contributed by atoms with E-state index in [0.29, 0.717) is 0 Å². The lowest BCUT2D eigenvalue weighted by Gasteiger charge is -2.24. The molecule has 0 atom stereocenters. The molecule has 0 aliphatic carbocycles. The second kappa shape index (κ2) is 13.5. The minimum Gasteiger partial charge on any atom is -0.377 e. The van der Waals surface area contributed by atoms with Crippen LogP contribution < -0.4 is 0 Å². The van der Waals surface area contributed by atoms with Gasteiger partial charge in [0.1, 0.15) is 0 Å². The third-order valence-electron chi connectivity index (χ3n) is 4.33. The van der Waals surface area contributed by atoms with Crippen molar-refractivity contribution in [1.29, 1.82) is 0 Å². The molecule has 0 spiro atoms. The fourth-order valence-corrected chi connectivity index (χ4v) is 6.27. The zero-order chi connectivity index (χ0) is 17.6. The first-order valence-electron chi connectivity index (χ1n) is 8.38. The second-order valence-electron chi connectivity index (χ2n) is 5.57. The first-order chi connectivity index (χ1) is 11.1. The highest BCUT2D eigenvalue weighted by Crippen LogP contribution is 2.20. The molecule has 0 bridgehead atoms. The van der Waals surface area contributed by atoms with Gasteiger partial charge in [-0.3, -0.25) is 0 Å². The molecule has 0 radical (unpaired) electrons. The molecule has 0 aromatic heterocycles. The van der Waals surface area contributed by atoms with Crippen molar-refractivity contribution in [3.63, 3.8) is 0 Å². The summed E-state index contributed by atoms with van der Waals surface area (Å²) in [6.45, 7) is 0. The van der Waals surface area contributed by atoms with Crippen molar-refractivity contribution in [3.05, 3.63) is 0 Å². The lowest BCUT2D eigenvalue weighted by molar-refractivity contribution is 0.122. The smallest absolute Gasteiger partial charge is 0.377 e. The molecule has 0 fully saturated rings. The van der Waals surface area contributed by atoms with Gasteiger partial charge in [-0.1, -0.05) is 32.1 Å². The standard InChI is InChI=1S/C15H36O6Si2/c1-16-22(17-2,18-3)14-12-10-8-7-9-11-13-15-23(19-4,20-5)21-6/h7-15H2,1-6H3. The van der Waals surface area contributed by atoms with E-state index in [1.165, 1.54) is 32.1 Å². The van der Waals surface area contributed by atoms with Gasteiger partial charge in [0.25, 0.3) is 0 Å². The van der Waals surface area contributed by atoms with Gasteiger partial charge in [-0.2, -0.15) is 0 Å². The van der Waals surface area contributed by atoms with Crippen molar-refractivity contribution in [2.45, 2.75) is 57.0 Å². The molecule has 0 rings (SSSR count). The Kier molecular flexibility index (Phi) is 13.6. The average molecular weight is 369 g/mol. The van der Waals surface area contributed by atoms with Crippen LogP contribution in [0.1, 0.15) is 44.9 Å². The predicted octanol–water partition coefficient (Wildman–Crippen LogP) is 3.47. The molecular formula is C15H36O6Si2. The van der Waals surface area contributed by atoms with Gasteiger partial charge in [-0.05, 0) is 12.8 Å². The molecular weight excluding hydrogens is 332 g/mol. The van der Waals surface area contributed by atoms with Crippen LogP contribution in [0, 0.1) is 0 Å². The average Bonchev–Trinajstić information content (AvgIpc) is 2.61. The molecule has 0 aliphatic heterocycles. The molecule has 0 aromatic rings. The monoisotopic (exact) mass is 368 g/mol. The van der Waals surface area contributed by atoms with Crippen molar-refractivity contribution in [2.75, 3.05) is 42.7 Å². The lowest BCUT2D eigenvalue weighted by atomic mass is 10.1. The van der Waals surface area contributed by atoms with E-state index in [9.17, 15) is 0 Å². The highest BCUT2D eigenvalue weighted by Gasteiger charge is 2.37. The van der Waals surface area contributed by atoms with E-state index in [-0.39, 0.29) is 0 Å². The maximum atomic E-state index is 5.42. The van der Waals surface area contributed by atoms with Crippen LogP contribution in [0.3, 0.4) is 0 Å². The largest absolute Gasteiger partial charge is 0.500 e. The van der Waals surface area contributed by atoms with Crippen molar-refractivity contribution < 1.29 is 26.6 Å². The van der Waals surface area contributed by atoms with Gasteiger partial charge in [0, 0.05) is 54.7 Å². The minimum atomic E-state index is -2.37. The van der Waals surface area contributed by atoms with Crippen LogP contribution in [0.5, 0.6) is 0 Å². The van der Waals surface area contributed by atoms with Crippen molar-refractivity contribution in [1.82, 2.24) is 0 Å². The number of rotatable bonds is 16. The fourth-order valence-electron chi connectivity index (χ4n) is 2.68. The minimum absolute atomic E-state index is 0.889. The fraction of sp³-hybridized carbons (Fsp3) is 1.00. The summed E-state index contributed by atoms with van der Waals surface area (Å²) in [5.41, 5.74) is 0. The van der Waals surface area contributed by atoms with Gasteiger partial charge in [0.05, 0.1) is 0 Å². The SMILES string of the molecule is CO[Si](CCCCCCCCC[Si](OC)(OC)OC)(OC)OC. The zero-order valence-corrected chi connectivity index (χ0v) is 17.8. The number of unbranched alkanes of at least 4 members (excludes halogenated alkanes) is 6. The molecule has 0 unspecified atom stereocenters. The molecule has 6 nitrogen and oxygen atoms in total. The van der Waals surface area contributed by atoms with Crippen LogP contribution in [-0.4, -0.2) is 60.3 Å². The van der Waals surface area contributed by atoms with Crippen LogP contribution in [0.2, 0.25) is 12.1 Å². The summed E-state index contributed by atoms with van der Waals surface area (Å²) >= 11 is 0. The molecule has 8 heteroatoms. The van der Waals surface area contributed by atoms with Crippen molar-refractivity contribution in [3.8, 4) is 0 Å². The van der Waals surface area contributed by atoms with Crippen molar-refractivity contribution in [2.24, 2.45) is 0 Å². The Morgan fingerprint density at radius 2 is 0.609 bits per heavy atom. The Labute approximate surface area is 144 Å². The summed E-state index contributed by atoms with van der Waals surface area (Å²) in [4.78, 5) is 0. The van der Waals surface area contributed by atoms with Gasteiger partial charge in [-0.15, -0.1) is 0 Å². The van der Waals surface area contributed by atoms with E-state index in [1.807, 2.05) is 0 Å². The molecule has 140 valence electrons.